The molecule has 0 N–H and O–H groups in total. The molecule has 4 nitrogen and oxygen atoms in total. The molecule has 1 aliphatic rings. The molecule has 0 heterocycles. The smallest absolute Gasteiger partial charge is 0.127 e. The van der Waals surface area contributed by atoms with Crippen LogP contribution in [0.4, 0.5) is 0 Å². The summed E-state index contributed by atoms with van der Waals surface area (Å²) < 4.78 is 24.1. The van der Waals surface area contributed by atoms with Gasteiger partial charge in [0.15, 0.2) is 0 Å². The maximum atomic E-state index is 6.30. The van der Waals surface area contributed by atoms with Crippen LogP contribution in [0, 0.1) is 6.92 Å². The number of methoxy groups -OCH3 is 1. The van der Waals surface area contributed by atoms with Crippen molar-refractivity contribution in [1.82, 2.24) is 0 Å². The van der Waals surface area contributed by atoms with Crippen molar-refractivity contribution in [1.29, 1.82) is 0 Å². The summed E-state index contributed by atoms with van der Waals surface area (Å²) in [5, 5.41) is 0. The first kappa shape index (κ1) is 40.4. The van der Waals surface area contributed by atoms with Gasteiger partial charge in [0.25, 0.3) is 0 Å². The molecular weight excluding hydrogens is 761 g/mol. The van der Waals surface area contributed by atoms with E-state index in [9.17, 15) is 0 Å². The Bertz CT molecular complexity index is 2640. The normalized spacial score (nSPS) is 13.3. The van der Waals surface area contributed by atoms with Crippen LogP contribution in [0.15, 0.2) is 194 Å². The second kappa shape index (κ2) is 18.7. The average Bonchev–Trinajstić information content (AvgIpc) is 3.33. The van der Waals surface area contributed by atoms with Crippen LogP contribution in [0.1, 0.15) is 71.0 Å². The molecule has 0 spiro atoms. The lowest BCUT2D eigenvalue weighted by molar-refractivity contribution is 0.345. The van der Waals surface area contributed by atoms with Gasteiger partial charge in [-0.3, -0.25) is 0 Å². The third-order valence-corrected chi connectivity index (χ3v) is 12.2. The monoisotopic (exact) mass is 812 g/mol. The van der Waals surface area contributed by atoms with Gasteiger partial charge in [-0.15, -0.1) is 0 Å². The molecule has 0 bridgehead atoms. The Hall–Kier alpha value is -7.04. The Morgan fingerprint density at radius 2 is 0.629 bits per heavy atom. The lowest BCUT2D eigenvalue weighted by Gasteiger charge is -2.38. The zero-order chi connectivity index (χ0) is 42.1. The van der Waals surface area contributed by atoms with Gasteiger partial charge in [0.2, 0.25) is 0 Å². The summed E-state index contributed by atoms with van der Waals surface area (Å²) in [4.78, 5) is 0. The second-order valence-electron chi connectivity index (χ2n) is 16.5. The quantitative estimate of drug-likeness (QED) is 0.110. The number of hydrogen-bond acceptors (Lipinski definition) is 4. The van der Waals surface area contributed by atoms with Gasteiger partial charge >= 0.3 is 0 Å². The van der Waals surface area contributed by atoms with Gasteiger partial charge in [-0.05, 0) is 162 Å². The number of ether oxygens (including phenoxy) is 4. The minimum Gasteiger partial charge on any atom is -0.497 e. The topological polar surface area (TPSA) is 36.9 Å². The summed E-state index contributed by atoms with van der Waals surface area (Å²) in [5.41, 5.74) is 11.3. The highest BCUT2D eigenvalue weighted by molar-refractivity contribution is 5.65. The molecule has 0 unspecified atom stereocenters. The van der Waals surface area contributed by atoms with Crippen LogP contribution in [-0.4, -0.2) is 7.11 Å². The SMILES string of the molecule is COc1ccc(C2(c3ccc(Oc4ccc(Cc5ccc(Oc6ccc(-c7ccc(Oc8ccc(Cc9ccc(C)cc9)cc8)cc7)cc6)cc5)cc4)cc3)CCCCC2)cc1. The molecule has 8 aromatic rings. The van der Waals surface area contributed by atoms with Gasteiger partial charge in [0, 0.05) is 5.41 Å². The Morgan fingerprint density at radius 1 is 0.339 bits per heavy atom. The molecule has 8 aromatic carbocycles. The molecule has 0 amide bonds. The fourth-order valence-electron chi connectivity index (χ4n) is 8.69. The third-order valence-electron chi connectivity index (χ3n) is 12.2. The van der Waals surface area contributed by atoms with Crippen molar-refractivity contribution in [3.8, 4) is 51.4 Å². The average molecular weight is 813 g/mol. The van der Waals surface area contributed by atoms with Crippen molar-refractivity contribution in [2.75, 3.05) is 7.11 Å². The fraction of sp³-hybridized carbons (Fsp3) is 0.172. The third kappa shape index (κ3) is 9.77. The molecule has 9 rings (SSSR count). The largest absolute Gasteiger partial charge is 0.497 e. The Morgan fingerprint density at radius 3 is 0.968 bits per heavy atom. The van der Waals surface area contributed by atoms with Crippen molar-refractivity contribution in [2.24, 2.45) is 0 Å². The van der Waals surface area contributed by atoms with Gasteiger partial charge in [0.05, 0.1) is 7.11 Å². The van der Waals surface area contributed by atoms with Crippen LogP contribution in [0.25, 0.3) is 11.1 Å². The van der Waals surface area contributed by atoms with Gasteiger partial charge in [-0.1, -0.05) is 134 Å². The van der Waals surface area contributed by atoms with Crippen molar-refractivity contribution < 1.29 is 18.9 Å². The van der Waals surface area contributed by atoms with Gasteiger partial charge in [-0.25, -0.2) is 0 Å². The van der Waals surface area contributed by atoms with E-state index in [1.165, 1.54) is 58.2 Å². The maximum absolute atomic E-state index is 6.30. The molecule has 62 heavy (non-hydrogen) atoms. The standard InChI is InChI=1S/C58H52O4/c1-42-6-8-43(9-7-42)40-44-10-24-52(25-11-44)60-55-30-16-47(17-31-55)48-18-32-56(33-19-48)61-53-26-12-45(13-27-53)41-46-14-28-54(29-15-46)62-57-36-22-50(23-37-57)58(38-4-3-5-39-58)49-20-34-51(59-2)35-21-49/h6-37H,3-5,38-41H2,1-2H3. The zero-order valence-corrected chi connectivity index (χ0v) is 35.6. The van der Waals surface area contributed by atoms with E-state index < -0.39 is 0 Å². The minimum absolute atomic E-state index is 0.0322. The maximum Gasteiger partial charge on any atom is 0.127 e. The zero-order valence-electron chi connectivity index (χ0n) is 35.6. The van der Waals surface area contributed by atoms with Gasteiger partial charge in [0.1, 0.15) is 40.2 Å². The summed E-state index contributed by atoms with van der Waals surface area (Å²) in [7, 11) is 1.72. The molecule has 1 saturated carbocycles. The number of benzene rings is 8. The number of aryl methyl sites for hydroxylation is 1. The highest BCUT2D eigenvalue weighted by Gasteiger charge is 2.35. The molecule has 0 aliphatic heterocycles. The second-order valence-corrected chi connectivity index (χ2v) is 16.5. The highest BCUT2D eigenvalue weighted by Crippen LogP contribution is 2.46. The van der Waals surface area contributed by atoms with Crippen molar-refractivity contribution in [2.45, 2.75) is 57.3 Å². The molecule has 0 saturated heterocycles. The predicted molar refractivity (Wildman–Crippen MR) is 252 cm³/mol. The first-order chi connectivity index (χ1) is 30.5. The van der Waals surface area contributed by atoms with Crippen LogP contribution in [-0.2, 0) is 18.3 Å². The number of rotatable bonds is 14. The minimum atomic E-state index is 0.0322. The van der Waals surface area contributed by atoms with Crippen molar-refractivity contribution >= 4 is 0 Å². The van der Waals surface area contributed by atoms with Crippen molar-refractivity contribution in [3.05, 3.63) is 233 Å². The Balaban J connectivity index is 0.750. The first-order valence-corrected chi connectivity index (χ1v) is 21.8. The van der Waals surface area contributed by atoms with Crippen LogP contribution < -0.4 is 18.9 Å². The molecular formula is C58H52O4. The summed E-state index contributed by atoms with van der Waals surface area (Å²) >= 11 is 0. The molecule has 4 heteroatoms. The van der Waals surface area contributed by atoms with Crippen LogP contribution in [0.5, 0.6) is 40.2 Å². The van der Waals surface area contributed by atoms with E-state index in [1.807, 2.05) is 48.5 Å². The highest BCUT2D eigenvalue weighted by atomic mass is 16.5. The van der Waals surface area contributed by atoms with E-state index >= 15 is 0 Å². The summed E-state index contributed by atoms with van der Waals surface area (Å²) in [6.45, 7) is 2.11. The molecule has 1 aliphatic carbocycles. The van der Waals surface area contributed by atoms with Crippen LogP contribution >= 0.6 is 0 Å². The van der Waals surface area contributed by atoms with E-state index in [2.05, 4.69) is 153 Å². The predicted octanol–water partition coefficient (Wildman–Crippen LogP) is 15.5. The van der Waals surface area contributed by atoms with Crippen LogP contribution in [0.2, 0.25) is 0 Å². The van der Waals surface area contributed by atoms with Gasteiger partial charge in [-0.2, -0.15) is 0 Å². The first-order valence-electron chi connectivity index (χ1n) is 21.8. The fourth-order valence-corrected chi connectivity index (χ4v) is 8.69. The Kier molecular flexibility index (Phi) is 12.2. The lowest BCUT2D eigenvalue weighted by Crippen LogP contribution is -2.30. The molecule has 0 atom stereocenters. The van der Waals surface area contributed by atoms with E-state index in [-0.39, 0.29) is 5.41 Å². The molecule has 0 aromatic heterocycles. The van der Waals surface area contributed by atoms with E-state index in [1.54, 1.807) is 7.11 Å². The molecule has 0 radical (unpaired) electrons. The van der Waals surface area contributed by atoms with E-state index in [0.29, 0.717) is 0 Å². The van der Waals surface area contributed by atoms with Gasteiger partial charge < -0.3 is 18.9 Å². The summed E-state index contributed by atoms with van der Waals surface area (Å²) in [6, 6.07) is 67.6. The van der Waals surface area contributed by atoms with E-state index in [0.717, 1.165) is 77.1 Å². The molecule has 308 valence electrons. The number of hydrogen-bond donors (Lipinski definition) is 0. The van der Waals surface area contributed by atoms with E-state index in [4.69, 9.17) is 18.9 Å². The Labute approximate surface area is 366 Å². The van der Waals surface area contributed by atoms with Crippen molar-refractivity contribution in [3.63, 3.8) is 0 Å². The van der Waals surface area contributed by atoms with Crippen LogP contribution in [0.3, 0.4) is 0 Å². The summed E-state index contributed by atoms with van der Waals surface area (Å²) in [5.74, 6) is 5.81. The lowest BCUT2D eigenvalue weighted by atomic mass is 9.65. The summed E-state index contributed by atoms with van der Waals surface area (Å²) in [6.07, 6.45) is 7.83. The molecule has 1 fully saturated rings.